The maximum absolute atomic E-state index is 12.7. The van der Waals surface area contributed by atoms with Crippen molar-refractivity contribution >= 4 is 84.3 Å². The number of nitrogens with zero attached hydrogens (tertiary/aromatic N) is 1. The second-order valence-electron chi connectivity index (χ2n) is 7.56. The van der Waals surface area contributed by atoms with Crippen molar-refractivity contribution in [3.63, 3.8) is 0 Å². The molecule has 0 unspecified atom stereocenters. The van der Waals surface area contributed by atoms with Crippen molar-refractivity contribution in [1.29, 1.82) is 0 Å². The zero-order valence-electron chi connectivity index (χ0n) is 18.5. The van der Waals surface area contributed by atoms with E-state index < -0.39 is 21.9 Å². The van der Waals surface area contributed by atoms with E-state index in [0.29, 0.717) is 22.6 Å². The van der Waals surface area contributed by atoms with Crippen LogP contribution >= 0.6 is 0 Å². The zero-order valence-corrected chi connectivity index (χ0v) is 19.3. The van der Waals surface area contributed by atoms with Gasteiger partial charge in [-0.2, -0.15) is 8.42 Å². The summed E-state index contributed by atoms with van der Waals surface area (Å²) in [6.07, 6.45) is -0.271. The topological polar surface area (TPSA) is 118 Å². The number of fused-ring (bicyclic) bond motifs is 1. The van der Waals surface area contributed by atoms with E-state index in [4.69, 9.17) is 9.15 Å². The number of carbonyl (C=O) groups is 1. The van der Waals surface area contributed by atoms with Gasteiger partial charge in [0.2, 0.25) is 0 Å². The van der Waals surface area contributed by atoms with E-state index in [9.17, 15) is 18.0 Å². The van der Waals surface area contributed by atoms with E-state index in [1.807, 2.05) is 13.0 Å². The summed E-state index contributed by atoms with van der Waals surface area (Å²) >= 11 is 0. The Morgan fingerprint density at radius 1 is 1.15 bits per heavy atom. The van der Waals surface area contributed by atoms with Gasteiger partial charge in [-0.3, -0.25) is 4.72 Å². The second kappa shape index (κ2) is 11.1. The molecule has 1 heterocycles. The Hall–Kier alpha value is -1.73. The summed E-state index contributed by atoms with van der Waals surface area (Å²) < 4.78 is 38.9. The molecule has 0 fully saturated rings. The molecule has 0 atom stereocenters. The van der Waals surface area contributed by atoms with Gasteiger partial charge < -0.3 is 14.1 Å². The van der Waals surface area contributed by atoms with E-state index in [0.717, 1.165) is 22.1 Å². The SMILES string of the molecule is CNS(=O)(=O)Nc1cccc(Cc2c(C)c3cc(C)c(OC(=O)N(C)C)cc3oc2=O)c1.[KH]. The van der Waals surface area contributed by atoms with Crippen molar-refractivity contribution < 1.29 is 22.4 Å². The van der Waals surface area contributed by atoms with Crippen LogP contribution < -0.4 is 19.8 Å². The molecule has 0 radical (unpaired) electrons. The zero-order chi connectivity index (χ0) is 23.6. The summed E-state index contributed by atoms with van der Waals surface area (Å²) in [6, 6.07) is 10.1. The number of ether oxygens (including phenoxy) is 1. The van der Waals surface area contributed by atoms with E-state index in [-0.39, 0.29) is 57.8 Å². The van der Waals surface area contributed by atoms with Gasteiger partial charge in [0.25, 0.3) is 10.2 Å². The standard InChI is InChI=1S/C22H25N3O6S.K.H/c1-13-9-17-14(2)18(11-15-7-6-8-16(10-15)24-32(28,29)23-3)21(26)30-20(17)12-19(13)31-22(27)25(4)5;;/h6-10,12,23-24H,11H2,1-5H3;;. The number of hydrogen-bond donors (Lipinski definition) is 2. The minimum atomic E-state index is -3.65. The Morgan fingerprint density at radius 3 is 2.48 bits per heavy atom. The fraction of sp³-hybridized carbons (Fsp3) is 0.273. The number of anilines is 1. The first-order valence-electron chi connectivity index (χ1n) is 9.77. The summed E-state index contributed by atoms with van der Waals surface area (Å²) in [6.45, 7) is 3.63. The molecule has 0 aliphatic carbocycles. The van der Waals surface area contributed by atoms with E-state index in [1.165, 1.54) is 18.0 Å². The van der Waals surface area contributed by atoms with Gasteiger partial charge in [0.05, 0.1) is 5.69 Å². The summed E-state index contributed by atoms with van der Waals surface area (Å²) in [4.78, 5) is 25.9. The Labute approximate surface area is 235 Å². The van der Waals surface area contributed by atoms with Gasteiger partial charge in [-0.1, -0.05) is 12.1 Å². The number of carbonyl (C=O) groups excluding carboxylic acids is 1. The van der Waals surface area contributed by atoms with Crippen LogP contribution in [0.4, 0.5) is 10.5 Å². The van der Waals surface area contributed by atoms with Crippen molar-refractivity contribution in [3.8, 4) is 5.75 Å². The molecule has 2 N–H and O–H groups in total. The van der Waals surface area contributed by atoms with E-state index in [2.05, 4.69) is 9.44 Å². The Kier molecular flexibility index (Phi) is 9.28. The van der Waals surface area contributed by atoms with Crippen molar-refractivity contribution in [2.24, 2.45) is 0 Å². The molecule has 2 aromatic carbocycles. The third-order valence-corrected chi connectivity index (χ3v) is 6.02. The van der Waals surface area contributed by atoms with Crippen LogP contribution in [0, 0.1) is 13.8 Å². The van der Waals surface area contributed by atoms with Gasteiger partial charge in [0, 0.05) is 44.6 Å². The van der Waals surface area contributed by atoms with Gasteiger partial charge in [0.15, 0.2) is 0 Å². The molecule has 1 amide bonds. The van der Waals surface area contributed by atoms with E-state index in [1.54, 1.807) is 45.3 Å². The minimum absolute atomic E-state index is 0. The molecule has 0 bridgehead atoms. The predicted molar refractivity (Wildman–Crippen MR) is 130 cm³/mol. The summed E-state index contributed by atoms with van der Waals surface area (Å²) in [5.41, 5.74) is 2.85. The molecular formula is C22H26KN3O6S. The molecule has 0 saturated carbocycles. The van der Waals surface area contributed by atoms with Gasteiger partial charge in [-0.05, 0) is 48.7 Å². The van der Waals surface area contributed by atoms with Crippen molar-refractivity contribution in [1.82, 2.24) is 9.62 Å². The quantitative estimate of drug-likeness (QED) is 0.397. The summed E-state index contributed by atoms with van der Waals surface area (Å²) in [5, 5.41) is 0.730. The van der Waals surface area contributed by atoms with Crippen LogP contribution in [0.25, 0.3) is 11.0 Å². The van der Waals surface area contributed by atoms with Gasteiger partial charge in [-0.15, -0.1) is 0 Å². The van der Waals surface area contributed by atoms with Crippen LogP contribution in [-0.2, 0) is 16.6 Å². The third kappa shape index (κ3) is 6.66. The summed E-state index contributed by atoms with van der Waals surface area (Å²) in [5.74, 6) is 0.316. The fourth-order valence-corrected chi connectivity index (χ4v) is 3.72. The van der Waals surface area contributed by atoms with Crippen molar-refractivity contribution in [2.45, 2.75) is 20.3 Å². The average Bonchev–Trinajstić information content (AvgIpc) is 2.72. The number of nitrogens with one attached hydrogen (secondary N) is 2. The number of aryl methyl sites for hydroxylation is 2. The molecule has 9 nitrogen and oxygen atoms in total. The fourth-order valence-electron chi connectivity index (χ4n) is 3.18. The number of benzene rings is 2. The number of rotatable bonds is 6. The van der Waals surface area contributed by atoms with Gasteiger partial charge in [0.1, 0.15) is 11.3 Å². The van der Waals surface area contributed by atoms with Crippen LogP contribution in [0.5, 0.6) is 5.75 Å². The number of amides is 1. The predicted octanol–water partition coefficient (Wildman–Crippen LogP) is 2.29. The molecule has 3 aromatic rings. The monoisotopic (exact) mass is 499 g/mol. The molecule has 0 saturated heterocycles. The van der Waals surface area contributed by atoms with Crippen LogP contribution in [0.3, 0.4) is 0 Å². The first-order chi connectivity index (χ1) is 15.0. The summed E-state index contributed by atoms with van der Waals surface area (Å²) in [7, 11) is 0.815. The maximum atomic E-state index is 12.7. The van der Waals surface area contributed by atoms with E-state index >= 15 is 0 Å². The van der Waals surface area contributed by atoms with Crippen LogP contribution in [0.15, 0.2) is 45.6 Å². The van der Waals surface area contributed by atoms with Crippen LogP contribution in [0.2, 0.25) is 0 Å². The van der Waals surface area contributed by atoms with Crippen molar-refractivity contribution in [3.05, 3.63) is 69.1 Å². The molecule has 33 heavy (non-hydrogen) atoms. The molecule has 0 spiro atoms. The van der Waals surface area contributed by atoms with Crippen LogP contribution in [-0.4, -0.2) is 91.9 Å². The first kappa shape index (κ1) is 27.5. The molecule has 11 heteroatoms. The first-order valence-corrected chi connectivity index (χ1v) is 11.3. The number of hydrogen-bond acceptors (Lipinski definition) is 6. The Balaban J connectivity index is 0.00000385. The van der Waals surface area contributed by atoms with Crippen LogP contribution in [0.1, 0.15) is 22.3 Å². The molecular weight excluding hydrogens is 473 g/mol. The van der Waals surface area contributed by atoms with Gasteiger partial charge >= 0.3 is 63.1 Å². The molecule has 1 aromatic heterocycles. The Morgan fingerprint density at radius 2 is 1.85 bits per heavy atom. The normalized spacial score (nSPS) is 11.1. The Bertz CT molecular complexity index is 1350. The average molecular weight is 500 g/mol. The molecule has 3 rings (SSSR count). The third-order valence-electron chi connectivity index (χ3n) is 4.97. The molecule has 0 aliphatic heterocycles. The van der Waals surface area contributed by atoms with Gasteiger partial charge in [-0.25, -0.2) is 14.3 Å². The molecule has 0 aliphatic rings. The van der Waals surface area contributed by atoms with Crippen molar-refractivity contribution in [2.75, 3.05) is 25.9 Å². The second-order valence-corrected chi connectivity index (χ2v) is 9.18. The molecule has 172 valence electrons.